The van der Waals surface area contributed by atoms with Crippen LogP contribution in [0.2, 0.25) is 0 Å². The van der Waals surface area contributed by atoms with Crippen LogP contribution in [0.15, 0.2) is 82.1 Å². The summed E-state index contributed by atoms with van der Waals surface area (Å²) < 4.78 is 36.0. The van der Waals surface area contributed by atoms with E-state index in [0.717, 1.165) is 17.5 Å². The topological polar surface area (TPSA) is 69.4 Å². The van der Waals surface area contributed by atoms with Crippen LogP contribution in [-0.4, -0.2) is 13.4 Å². The van der Waals surface area contributed by atoms with E-state index in [1.807, 2.05) is 37.3 Å². The highest BCUT2D eigenvalue weighted by Gasteiger charge is 2.18. The van der Waals surface area contributed by atoms with Crippen molar-refractivity contribution in [2.45, 2.75) is 18.2 Å². The Morgan fingerprint density at radius 2 is 1.70 bits per heavy atom. The van der Waals surface area contributed by atoms with E-state index in [2.05, 4.69) is 4.98 Å². The fourth-order valence-electron chi connectivity index (χ4n) is 2.73. The SMILES string of the molecule is CCc1ccc(S(=O)(=O)Oc2ccc3nc(-c4ccccc4)oc3c2)cc1. The Morgan fingerprint density at radius 1 is 0.963 bits per heavy atom. The molecule has 5 nitrogen and oxygen atoms in total. The number of hydrogen-bond donors (Lipinski definition) is 0. The van der Waals surface area contributed by atoms with Gasteiger partial charge in [0.15, 0.2) is 5.58 Å². The Hall–Kier alpha value is -3.12. The van der Waals surface area contributed by atoms with E-state index >= 15 is 0 Å². The predicted octanol–water partition coefficient (Wildman–Crippen LogP) is 4.82. The summed E-state index contributed by atoms with van der Waals surface area (Å²) in [7, 11) is -3.91. The van der Waals surface area contributed by atoms with Crippen molar-refractivity contribution in [2.24, 2.45) is 0 Å². The molecule has 1 heterocycles. The van der Waals surface area contributed by atoms with Gasteiger partial charge in [-0.15, -0.1) is 0 Å². The number of nitrogens with zero attached hydrogens (tertiary/aromatic N) is 1. The molecule has 0 aliphatic carbocycles. The second kappa shape index (κ2) is 6.89. The molecule has 0 spiro atoms. The first-order chi connectivity index (χ1) is 13.0. The van der Waals surface area contributed by atoms with Crippen molar-refractivity contribution >= 4 is 21.2 Å². The predicted molar refractivity (Wildman–Crippen MR) is 103 cm³/mol. The number of fused-ring (bicyclic) bond motifs is 1. The second-order valence-electron chi connectivity index (χ2n) is 6.05. The lowest BCUT2D eigenvalue weighted by Crippen LogP contribution is -2.09. The average Bonchev–Trinajstić information content (AvgIpc) is 3.12. The molecule has 0 aliphatic rings. The average molecular weight is 379 g/mol. The van der Waals surface area contributed by atoms with Crippen molar-refractivity contribution in [1.82, 2.24) is 4.98 Å². The molecule has 0 amide bonds. The lowest BCUT2D eigenvalue weighted by atomic mass is 10.2. The van der Waals surface area contributed by atoms with Crippen molar-refractivity contribution in [3.63, 3.8) is 0 Å². The minimum Gasteiger partial charge on any atom is -0.436 e. The van der Waals surface area contributed by atoms with Crippen molar-refractivity contribution in [3.8, 4) is 17.2 Å². The smallest absolute Gasteiger partial charge is 0.339 e. The highest BCUT2D eigenvalue weighted by Crippen LogP contribution is 2.28. The normalized spacial score (nSPS) is 11.6. The minimum absolute atomic E-state index is 0.113. The maximum atomic E-state index is 12.5. The van der Waals surface area contributed by atoms with E-state index in [0.29, 0.717) is 17.0 Å². The molecule has 4 aromatic rings. The van der Waals surface area contributed by atoms with Crippen LogP contribution in [0.3, 0.4) is 0 Å². The van der Waals surface area contributed by atoms with Crippen molar-refractivity contribution in [3.05, 3.63) is 78.4 Å². The van der Waals surface area contributed by atoms with Gasteiger partial charge in [-0.2, -0.15) is 8.42 Å². The van der Waals surface area contributed by atoms with Gasteiger partial charge >= 0.3 is 10.1 Å². The number of hydrogen-bond acceptors (Lipinski definition) is 5. The molecule has 6 heteroatoms. The summed E-state index contributed by atoms with van der Waals surface area (Å²) in [6.07, 6.45) is 0.840. The third kappa shape index (κ3) is 3.57. The number of aromatic nitrogens is 1. The maximum absolute atomic E-state index is 12.5. The van der Waals surface area contributed by atoms with Gasteiger partial charge < -0.3 is 8.60 Å². The Labute approximate surface area is 157 Å². The summed E-state index contributed by atoms with van der Waals surface area (Å²) in [5.74, 6) is 0.651. The number of benzene rings is 3. The van der Waals surface area contributed by atoms with E-state index in [1.54, 1.807) is 36.4 Å². The Morgan fingerprint density at radius 3 is 2.41 bits per heavy atom. The Kier molecular flexibility index (Phi) is 4.41. The van der Waals surface area contributed by atoms with Crippen LogP contribution in [0, 0.1) is 0 Å². The monoisotopic (exact) mass is 379 g/mol. The lowest BCUT2D eigenvalue weighted by Gasteiger charge is -2.07. The first kappa shape index (κ1) is 17.3. The fraction of sp³-hybridized carbons (Fsp3) is 0.0952. The summed E-state index contributed by atoms with van der Waals surface area (Å²) in [4.78, 5) is 4.54. The molecule has 27 heavy (non-hydrogen) atoms. The Bertz CT molecular complexity index is 1180. The standard InChI is InChI=1S/C21H17NO4S/c1-2-15-8-11-18(12-9-15)27(23,24)26-17-10-13-19-20(14-17)25-21(22-19)16-6-4-3-5-7-16/h3-14H,2H2,1H3. The molecule has 0 aliphatic heterocycles. The van der Waals surface area contributed by atoms with E-state index in [1.165, 1.54) is 6.07 Å². The molecule has 0 saturated carbocycles. The summed E-state index contributed by atoms with van der Waals surface area (Å²) in [6, 6.07) is 20.9. The molecule has 136 valence electrons. The first-order valence-corrected chi connectivity index (χ1v) is 9.95. The number of rotatable bonds is 5. The highest BCUT2D eigenvalue weighted by atomic mass is 32.2. The lowest BCUT2D eigenvalue weighted by molar-refractivity contribution is 0.486. The van der Waals surface area contributed by atoms with Crippen molar-refractivity contribution in [2.75, 3.05) is 0 Å². The first-order valence-electron chi connectivity index (χ1n) is 8.54. The summed E-state index contributed by atoms with van der Waals surface area (Å²) in [6.45, 7) is 2.01. The molecule has 0 saturated heterocycles. The quantitative estimate of drug-likeness (QED) is 0.465. The molecule has 1 aromatic heterocycles. The third-order valence-corrected chi connectivity index (χ3v) is 5.47. The minimum atomic E-state index is -3.91. The van der Waals surface area contributed by atoms with Crippen molar-refractivity contribution < 1.29 is 17.0 Å². The van der Waals surface area contributed by atoms with E-state index in [9.17, 15) is 8.42 Å². The Balaban J connectivity index is 1.63. The van der Waals surface area contributed by atoms with Crippen LogP contribution >= 0.6 is 0 Å². The van der Waals surface area contributed by atoms with Crippen LogP contribution < -0.4 is 4.18 Å². The number of aryl methyl sites for hydroxylation is 1. The van der Waals surface area contributed by atoms with Gasteiger partial charge in [0.25, 0.3) is 0 Å². The molecule has 3 aromatic carbocycles. The molecule has 0 fully saturated rings. The van der Waals surface area contributed by atoms with E-state index in [-0.39, 0.29) is 10.6 Å². The van der Waals surface area contributed by atoms with E-state index < -0.39 is 10.1 Å². The fourth-order valence-corrected chi connectivity index (χ4v) is 3.65. The zero-order chi connectivity index (χ0) is 18.9. The van der Waals surface area contributed by atoms with Crippen molar-refractivity contribution in [1.29, 1.82) is 0 Å². The molecular weight excluding hydrogens is 362 g/mol. The number of oxazole rings is 1. The van der Waals surface area contributed by atoms with Crippen LogP contribution in [-0.2, 0) is 16.5 Å². The third-order valence-electron chi connectivity index (χ3n) is 4.21. The van der Waals surface area contributed by atoms with Gasteiger partial charge in [0.1, 0.15) is 16.2 Å². The maximum Gasteiger partial charge on any atom is 0.339 e. The zero-order valence-electron chi connectivity index (χ0n) is 14.6. The molecule has 4 rings (SSSR count). The molecule has 0 bridgehead atoms. The molecule has 0 radical (unpaired) electrons. The molecule has 0 atom stereocenters. The van der Waals surface area contributed by atoms with Crippen LogP contribution in [0.25, 0.3) is 22.6 Å². The van der Waals surface area contributed by atoms with Gasteiger partial charge in [0, 0.05) is 11.6 Å². The van der Waals surface area contributed by atoms with E-state index in [4.69, 9.17) is 8.60 Å². The molecule has 0 N–H and O–H groups in total. The molecule has 0 unspecified atom stereocenters. The van der Waals surface area contributed by atoms with Gasteiger partial charge in [-0.3, -0.25) is 0 Å². The van der Waals surface area contributed by atoms with Gasteiger partial charge in [0.05, 0.1) is 0 Å². The van der Waals surface area contributed by atoms with Gasteiger partial charge in [-0.1, -0.05) is 37.3 Å². The second-order valence-corrected chi connectivity index (χ2v) is 7.60. The van der Waals surface area contributed by atoms with Crippen LogP contribution in [0.1, 0.15) is 12.5 Å². The van der Waals surface area contributed by atoms with Gasteiger partial charge in [-0.25, -0.2) is 4.98 Å². The summed E-state index contributed by atoms with van der Waals surface area (Å²) in [5.41, 5.74) is 3.00. The largest absolute Gasteiger partial charge is 0.436 e. The van der Waals surface area contributed by atoms with Crippen LogP contribution in [0.5, 0.6) is 5.75 Å². The highest BCUT2D eigenvalue weighted by molar-refractivity contribution is 7.87. The molecular formula is C21H17NO4S. The zero-order valence-corrected chi connectivity index (χ0v) is 15.4. The summed E-state index contributed by atoms with van der Waals surface area (Å²) in [5, 5.41) is 0. The van der Waals surface area contributed by atoms with Gasteiger partial charge in [-0.05, 0) is 48.4 Å². The summed E-state index contributed by atoms with van der Waals surface area (Å²) >= 11 is 0. The van der Waals surface area contributed by atoms with Crippen LogP contribution in [0.4, 0.5) is 0 Å². The van der Waals surface area contributed by atoms with Gasteiger partial charge in [0.2, 0.25) is 5.89 Å².